The molecule has 2 aromatic rings. The number of ether oxygens (including phenoxy) is 4. The Morgan fingerprint density at radius 1 is 0.350 bits per heavy atom. The number of esters is 4. The molecular formula is C52H84O8. The van der Waals surface area contributed by atoms with Crippen molar-refractivity contribution in [3.05, 3.63) is 70.8 Å². The van der Waals surface area contributed by atoms with Gasteiger partial charge in [-0.2, -0.15) is 0 Å². The van der Waals surface area contributed by atoms with Gasteiger partial charge in [0.2, 0.25) is 0 Å². The van der Waals surface area contributed by atoms with Gasteiger partial charge >= 0.3 is 23.9 Å². The van der Waals surface area contributed by atoms with Crippen LogP contribution in [0.5, 0.6) is 0 Å². The summed E-state index contributed by atoms with van der Waals surface area (Å²) in [5.74, 6) is -0.293. The molecule has 0 atom stereocenters. The van der Waals surface area contributed by atoms with Gasteiger partial charge in [0, 0.05) is 0 Å². The molecule has 0 amide bonds. The van der Waals surface area contributed by atoms with E-state index in [0.29, 0.717) is 48.7 Å². The van der Waals surface area contributed by atoms with E-state index in [9.17, 15) is 19.2 Å². The van der Waals surface area contributed by atoms with E-state index in [-0.39, 0.29) is 0 Å². The number of hydrogen-bond donors (Lipinski definition) is 0. The van der Waals surface area contributed by atoms with Gasteiger partial charge < -0.3 is 18.9 Å². The second-order valence-electron chi connectivity index (χ2n) is 17.1. The molecule has 0 radical (unpaired) electrons. The molecule has 0 aliphatic carbocycles. The second-order valence-corrected chi connectivity index (χ2v) is 17.1. The number of rotatable bonds is 34. The van der Waals surface area contributed by atoms with E-state index in [1.807, 2.05) is 0 Å². The lowest BCUT2D eigenvalue weighted by Crippen LogP contribution is -2.15. The summed E-state index contributed by atoms with van der Waals surface area (Å²) in [7, 11) is 0. The molecular weight excluding hydrogens is 753 g/mol. The third-order valence-electron chi connectivity index (χ3n) is 10.5. The lowest BCUT2D eigenvalue weighted by Gasteiger charge is -2.10. The number of benzene rings is 2. The first-order chi connectivity index (χ1) is 29.1. The molecule has 60 heavy (non-hydrogen) atoms. The van der Waals surface area contributed by atoms with Crippen LogP contribution in [-0.2, 0) is 18.9 Å². The molecule has 8 heteroatoms. The highest BCUT2D eigenvalue weighted by Crippen LogP contribution is 2.17. The van der Waals surface area contributed by atoms with E-state index in [0.717, 1.165) is 76.0 Å². The first-order valence-corrected chi connectivity index (χ1v) is 24.0. The highest BCUT2D eigenvalue weighted by molar-refractivity contribution is 6.03. The van der Waals surface area contributed by atoms with Crippen LogP contribution >= 0.6 is 0 Å². The molecule has 0 bridgehead atoms. The summed E-state index contributed by atoms with van der Waals surface area (Å²) in [5, 5.41) is 0. The largest absolute Gasteiger partial charge is 0.462 e. The van der Waals surface area contributed by atoms with E-state index in [1.165, 1.54) is 89.9 Å². The highest BCUT2D eigenvalue weighted by Gasteiger charge is 2.20. The summed E-state index contributed by atoms with van der Waals surface area (Å²) in [6, 6.07) is 13.5. The van der Waals surface area contributed by atoms with Gasteiger partial charge in [-0.05, 0) is 61.8 Å². The summed E-state index contributed by atoms with van der Waals surface area (Å²) < 4.78 is 21.6. The maximum Gasteiger partial charge on any atom is 0.339 e. The molecule has 2 rings (SSSR count). The molecule has 8 nitrogen and oxygen atoms in total. The first-order valence-electron chi connectivity index (χ1n) is 24.0. The van der Waals surface area contributed by atoms with Crippen LogP contribution in [0.2, 0.25) is 0 Å². The molecule has 340 valence electrons. The van der Waals surface area contributed by atoms with Gasteiger partial charge in [-0.25, -0.2) is 19.2 Å². The maximum atomic E-state index is 12.4. The Morgan fingerprint density at radius 2 is 0.567 bits per heavy atom. The standard InChI is InChI=1S/2C26H42O4/c1-21(2)15-9-5-7-13-19-29-25(27)23-17-11-12-18-24(23)26(28)30-20-14-8-6-10-16-22(3)4;1-3-5-7-9-11-13-17-21-29-25(27)23-19-15-16-20-24(23)26(28)30-22-18-14-12-10-8-6-4-2/h11-12,17-18,21-22H,5-10,13-16,19-20H2,1-4H3;15-16,19-20H,3-14,17-18,21-22H2,1-2H3. The van der Waals surface area contributed by atoms with Crippen molar-refractivity contribution in [1.29, 1.82) is 0 Å². The van der Waals surface area contributed by atoms with Gasteiger partial charge in [0.1, 0.15) is 0 Å². The fourth-order valence-corrected chi connectivity index (χ4v) is 6.78. The van der Waals surface area contributed by atoms with Crippen molar-refractivity contribution >= 4 is 23.9 Å². The predicted molar refractivity (Wildman–Crippen MR) is 246 cm³/mol. The average Bonchev–Trinajstić information content (AvgIpc) is 3.24. The summed E-state index contributed by atoms with van der Waals surface area (Å²) in [5.41, 5.74) is 1.17. The summed E-state index contributed by atoms with van der Waals surface area (Å²) >= 11 is 0. The van der Waals surface area contributed by atoms with Gasteiger partial charge in [0.05, 0.1) is 48.7 Å². The Morgan fingerprint density at radius 3 is 0.800 bits per heavy atom. The van der Waals surface area contributed by atoms with E-state index in [2.05, 4.69) is 41.5 Å². The quantitative estimate of drug-likeness (QED) is 0.0390. The highest BCUT2D eigenvalue weighted by atomic mass is 16.5. The van der Waals surface area contributed by atoms with Gasteiger partial charge in [-0.15, -0.1) is 0 Å². The monoisotopic (exact) mass is 837 g/mol. The Balaban J connectivity index is 0.000000600. The molecule has 0 heterocycles. The van der Waals surface area contributed by atoms with E-state index in [4.69, 9.17) is 18.9 Å². The van der Waals surface area contributed by atoms with Gasteiger partial charge in [-0.3, -0.25) is 0 Å². The minimum absolute atomic E-state index is 0.291. The zero-order chi connectivity index (χ0) is 44.1. The Bertz CT molecular complexity index is 1300. The van der Waals surface area contributed by atoms with Crippen molar-refractivity contribution in [2.24, 2.45) is 11.8 Å². The fourth-order valence-electron chi connectivity index (χ4n) is 6.78. The predicted octanol–water partition coefficient (Wildman–Crippen LogP) is 14.7. The van der Waals surface area contributed by atoms with Gasteiger partial charge in [0.15, 0.2) is 0 Å². The molecule has 0 unspecified atom stereocenters. The van der Waals surface area contributed by atoms with Crippen molar-refractivity contribution in [2.75, 3.05) is 26.4 Å². The minimum Gasteiger partial charge on any atom is -0.462 e. The molecule has 0 spiro atoms. The number of carbonyl (C=O) groups excluding carboxylic acids is 4. The Hall–Kier alpha value is -3.68. The summed E-state index contributed by atoms with van der Waals surface area (Å²) in [6.07, 6.45) is 27.4. The number of carbonyl (C=O) groups is 4. The van der Waals surface area contributed by atoms with Crippen molar-refractivity contribution in [1.82, 2.24) is 0 Å². The van der Waals surface area contributed by atoms with E-state index < -0.39 is 23.9 Å². The first kappa shape index (κ1) is 54.3. The molecule has 0 aromatic heterocycles. The topological polar surface area (TPSA) is 105 Å². The number of hydrogen-bond acceptors (Lipinski definition) is 8. The molecule has 0 N–H and O–H groups in total. The molecule has 0 aliphatic heterocycles. The summed E-state index contributed by atoms with van der Waals surface area (Å²) in [4.78, 5) is 49.7. The molecule has 0 saturated carbocycles. The van der Waals surface area contributed by atoms with Crippen LogP contribution in [0.15, 0.2) is 48.5 Å². The number of unbranched alkanes of at least 4 members (excludes halogenated alkanes) is 18. The van der Waals surface area contributed by atoms with Gasteiger partial charge in [-0.1, -0.05) is 194 Å². The van der Waals surface area contributed by atoms with Crippen LogP contribution in [0, 0.1) is 11.8 Å². The van der Waals surface area contributed by atoms with Crippen molar-refractivity contribution in [3.63, 3.8) is 0 Å². The fraction of sp³-hybridized carbons (Fsp3) is 0.692. The van der Waals surface area contributed by atoms with Crippen molar-refractivity contribution in [3.8, 4) is 0 Å². The van der Waals surface area contributed by atoms with Gasteiger partial charge in [0.25, 0.3) is 0 Å². The Labute approximate surface area is 365 Å². The molecule has 0 fully saturated rings. The summed E-state index contributed by atoms with van der Waals surface area (Å²) in [6.45, 7) is 14.9. The smallest absolute Gasteiger partial charge is 0.339 e. The zero-order valence-corrected chi connectivity index (χ0v) is 38.8. The molecule has 2 aromatic carbocycles. The minimum atomic E-state index is -0.446. The van der Waals surface area contributed by atoms with Crippen LogP contribution < -0.4 is 0 Å². The van der Waals surface area contributed by atoms with E-state index >= 15 is 0 Å². The van der Waals surface area contributed by atoms with Crippen LogP contribution in [0.4, 0.5) is 0 Å². The molecule has 0 aliphatic rings. The van der Waals surface area contributed by atoms with Crippen LogP contribution in [0.3, 0.4) is 0 Å². The van der Waals surface area contributed by atoms with Crippen LogP contribution in [-0.4, -0.2) is 50.3 Å². The lowest BCUT2D eigenvalue weighted by molar-refractivity contribution is 0.0450. The van der Waals surface area contributed by atoms with E-state index in [1.54, 1.807) is 48.5 Å². The Kier molecular flexibility index (Phi) is 33.6. The van der Waals surface area contributed by atoms with Crippen molar-refractivity contribution in [2.45, 2.75) is 196 Å². The SMILES string of the molecule is CC(C)CCCCCCOC(=O)c1ccccc1C(=O)OCCCCCCC(C)C.CCCCCCCCCOC(=O)c1ccccc1C(=O)OCCCCCCCCC. The molecule has 0 saturated heterocycles. The third kappa shape index (κ3) is 28.0. The normalized spacial score (nSPS) is 10.9. The average molecular weight is 837 g/mol. The third-order valence-corrected chi connectivity index (χ3v) is 10.5. The zero-order valence-electron chi connectivity index (χ0n) is 38.8. The van der Waals surface area contributed by atoms with Crippen LogP contribution in [0.25, 0.3) is 0 Å². The van der Waals surface area contributed by atoms with Crippen LogP contribution in [0.1, 0.15) is 237 Å². The van der Waals surface area contributed by atoms with Crippen molar-refractivity contribution < 1.29 is 38.1 Å². The lowest BCUT2D eigenvalue weighted by atomic mass is 10.0. The maximum absolute atomic E-state index is 12.4. The second kappa shape index (κ2) is 37.1.